The maximum Gasteiger partial charge on any atom is 0.331 e. The van der Waals surface area contributed by atoms with Crippen LogP contribution < -0.4 is 5.32 Å². The third-order valence-corrected chi connectivity index (χ3v) is 4.31. The summed E-state index contributed by atoms with van der Waals surface area (Å²) in [6, 6.07) is 8.97. The maximum absolute atomic E-state index is 13.1. The number of aryl methyl sites for hydroxylation is 1. The van der Waals surface area contributed by atoms with Gasteiger partial charge in [-0.1, -0.05) is 17.7 Å². The first-order chi connectivity index (χ1) is 12.9. The lowest BCUT2D eigenvalue weighted by atomic mass is 9.99. The van der Waals surface area contributed by atoms with Crippen LogP contribution in [0.25, 0.3) is 6.08 Å². The molecule has 7 heteroatoms. The Morgan fingerprint density at radius 3 is 2.78 bits per heavy atom. The monoisotopic (exact) mass is 387 g/mol. The number of fused-ring (bicyclic) bond motifs is 1. The van der Waals surface area contributed by atoms with Crippen molar-refractivity contribution >= 4 is 41.0 Å². The topological polar surface area (TPSA) is 72.5 Å². The van der Waals surface area contributed by atoms with Crippen molar-refractivity contribution in [1.29, 1.82) is 0 Å². The van der Waals surface area contributed by atoms with Crippen molar-refractivity contribution in [2.24, 2.45) is 0 Å². The van der Waals surface area contributed by atoms with Crippen molar-refractivity contribution in [3.05, 3.63) is 70.0 Å². The molecule has 3 rings (SSSR count). The zero-order chi connectivity index (χ0) is 19.4. The second kappa shape index (κ2) is 8.14. The molecule has 0 radical (unpaired) electrons. The van der Waals surface area contributed by atoms with Gasteiger partial charge in [0.2, 0.25) is 5.91 Å². The number of ether oxygens (including phenoxy) is 1. The third-order valence-electron chi connectivity index (χ3n) is 4.02. The highest BCUT2D eigenvalue weighted by Gasteiger charge is 2.17. The standard InChI is InChI=1S/C20H15ClFNO4/c21-15-9-12(1-5-16(15)22)2-8-20(26)27-11-18(24)14-3-6-17-13(10-14)4-7-19(25)23-17/h1-3,5-6,8-10H,4,7,11H2,(H,23,25)/b8-2+. The zero-order valence-corrected chi connectivity index (χ0v) is 14.9. The molecular formula is C20H15ClFNO4. The van der Waals surface area contributed by atoms with Crippen molar-refractivity contribution in [2.75, 3.05) is 11.9 Å². The SMILES string of the molecule is O=C1CCc2cc(C(=O)COC(=O)/C=C/c3ccc(F)c(Cl)c3)ccc2N1. The van der Waals surface area contributed by atoms with Crippen LogP contribution in [0.5, 0.6) is 0 Å². The molecule has 1 aliphatic rings. The number of hydrogen-bond donors (Lipinski definition) is 1. The van der Waals surface area contributed by atoms with Gasteiger partial charge < -0.3 is 10.1 Å². The molecule has 0 spiro atoms. The molecular weight excluding hydrogens is 373 g/mol. The fourth-order valence-corrected chi connectivity index (χ4v) is 2.79. The van der Waals surface area contributed by atoms with Crippen LogP contribution >= 0.6 is 11.6 Å². The molecule has 0 saturated heterocycles. The van der Waals surface area contributed by atoms with Gasteiger partial charge in [0, 0.05) is 23.7 Å². The first-order valence-electron chi connectivity index (χ1n) is 8.18. The molecule has 0 unspecified atom stereocenters. The zero-order valence-electron chi connectivity index (χ0n) is 14.1. The Kier molecular flexibility index (Phi) is 5.66. The number of halogens is 2. The van der Waals surface area contributed by atoms with Gasteiger partial charge in [0.15, 0.2) is 12.4 Å². The summed E-state index contributed by atoms with van der Waals surface area (Å²) in [5.41, 5.74) is 2.51. The fourth-order valence-electron chi connectivity index (χ4n) is 2.61. The average Bonchev–Trinajstić information content (AvgIpc) is 2.66. The molecule has 1 heterocycles. The van der Waals surface area contributed by atoms with Crippen LogP contribution in [0, 0.1) is 5.82 Å². The molecule has 5 nitrogen and oxygen atoms in total. The highest BCUT2D eigenvalue weighted by Crippen LogP contribution is 2.23. The van der Waals surface area contributed by atoms with E-state index in [0.717, 1.165) is 11.6 Å². The van der Waals surface area contributed by atoms with Crippen LogP contribution in [0.1, 0.15) is 27.9 Å². The molecule has 138 valence electrons. The van der Waals surface area contributed by atoms with Gasteiger partial charge in [0.05, 0.1) is 5.02 Å². The molecule has 0 saturated carbocycles. The van der Waals surface area contributed by atoms with Crippen molar-refractivity contribution in [3.63, 3.8) is 0 Å². The molecule has 2 aromatic rings. The minimum Gasteiger partial charge on any atom is -0.454 e. The number of amides is 1. The normalized spacial score (nSPS) is 13.2. The van der Waals surface area contributed by atoms with E-state index in [1.807, 2.05) is 0 Å². The van der Waals surface area contributed by atoms with E-state index in [1.165, 1.54) is 24.3 Å². The van der Waals surface area contributed by atoms with Crippen LogP contribution in [0.4, 0.5) is 10.1 Å². The van der Waals surface area contributed by atoms with Gasteiger partial charge in [-0.15, -0.1) is 0 Å². The molecule has 0 aromatic heterocycles. The quantitative estimate of drug-likeness (QED) is 0.481. The highest BCUT2D eigenvalue weighted by molar-refractivity contribution is 6.30. The number of esters is 1. The van der Waals surface area contributed by atoms with E-state index in [-0.39, 0.29) is 16.7 Å². The van der Waals surface area contributed by atoms with Gasteiger partial charge in [-0.2, -0.15) is 0 Å². The number of ketones is 1. The summed E-state index contributed by atoms with van der Waals surface area (Å²) in [5.74, 6) is -1.65. The number of carbonyl (C=O) groups is 3. The lowest BCUT2D eigenvalue weighted by Gasteiger charge is -2.17. The van der Waals surface area contributed by atoms with Gasteiger partial charge in [-0.05, 0) is 54.0 Å². The second-order valence-corrected chi connectivity index (χ2v) is 6.37. The van der Waals surface area contributed by atoms with Crippen molar-refractivity contribution in [3.8, 4) is 0 Å². The maximum atomic E-state index is 13.1. The highest BCUT2D eigenvalue weighted by atomic mass is 35.5. The Morgan fingerprint density at radius 2 is 2.00 bits per heavy atom. The molecule has 0 atom stereocenters. The number of nitrogens with one attached hydrogen (secondary N) is 1. The molecule has 1 aliphatic heterocycles. The first-order valence-corrected chi connectivity index (χ1v) is 8.56. The number of rotatable bonds is 5. The minimum atomic E-state index is -0.700. The van der Waals surface area contributed by atoms with Gasteiger partial charge >= 0.3 is 5.97 Å². The van der Waals surface area contributed by atoms with Gasteiger partial charge in [0.25, 0.3) is 0 Å². The average molecular weight is 388 g/mol. The number of Topliss-reactive ketones (excluding diaryl/α,β-unsaturated/α-hetero) is 1. The Morgan fingerprint density at radius 1 is 1.19 bits per heavy atom. The number of benzene rings is 2. The molecule has 1 N–H and O–H groups in total. The predicted octanol–water partition coefficient (Wildman–Crippen LogP) is 3.80. The molecule has 0 aliphatic carbocycles. The van der Waals surface area contributed by atoms with E-state index in [0.29, 0.717) is 29.7 Å². The first kappa shape index (κ1) is 18.8. The Balaban J connectivity index is 1.57. The summed E-state index contributed by atoms with van der Waals surface area (Å²) < 4.78 is 18.0. The summed E-state index contributed by atoms with van der Waals surface area (Å²) in [4.78, 5) is 35.3. The largest absolute Gasteiger partial charge is 0.454 e. The van der Waals surface area contributed by atoms with E-state index in [9.17, 15) is 18.8 Å². The lowest BCUT2D eigenvalue weighted by Crippen LogP contribution is -2.20. The summed E-state index contributed by atoms with van der Waals surface area (Å²) in [7, 11) is 0. The summed E-state index contributed by atoms with van der Waals surface area (Å²) >= 11 is 5.67. The third kappa shape index (κ3) is 4.80. The molecule has 27 heavy (non-hydrogen) atoms. The van der Waals surface area contributed by atoms with E-state index in [1.54, 1.807) is 18.2 Å². The Hall–Kier alpha value is -2.99. The van der Waals surface area contributed by atoms with Gasteiger partial charge in [-0.3, -0.25) is 9.59 Å². The molecule has 0 bridgehead atoms. The number of carbonyl (C=O) groups excluding carboxylic acids is 3. The molecule has 1 amide bonds. The fraction of sp³-hybridized carbons (Fsp3) is 0.150. The van der Waals surface area contributed by atoms with Crippen molar-refractivity contribution in [1.82, 2.24) is 0 Å². The van der Waals surface area contributed by atoms with Gasteiger partial charge in [0.1, 0.15) is 5.82 Å². The van der Waals surface area contributed by atoms with Gasteiger partial charge in [-0.25, -0.2) is 9.18 Å². The van der Waals surface area contributed by atoms with E-state index < -0.39 is 18.4 Å². The van der Waals surface area contributed by atoms with Crippen LogP contribution in [0.2, 0.25) is 5.02 Å². The number of anilines is 1. The predicted molar refractivity (Wildman–Crippen MR) is 99.1 cm³/mol. The summed E-state index contributed by atoms with van der Waals surface area (Å²) in [5, 5.41) is 2.69. The smallest absolute Gasteiger partial charge is 0.331 e. The van der Waals surface area contributed by atoms with Crippen LogP contribution in [0.15, 0.2) is 42.5 Å². The van der Waals surface area contributed by atoms with E-state index in [4.69, 9.17) is 16.3 Å². The van der Waals surface area contributed by atoms with E-state index >= 15 is 0 Å². The minimum absolute atomic E-state index is 0.0512. The Labute approximate surface area is 159 Å². The summed E-state index contributed by atoms with van der Waals surface area (Å²) in [6.45, 7) is -0.404. The molecule has 2 aromatic carbocycles. The van der Waals surface area contributed by atoms with Crippen molar-refractivity contribution in [2.45, 2.75) is 12.8 Å². The van der Waals surface area contributed by atoms with Crippen LogP contribution in [-0.2, 0) is 20.7 Å². The lowest BCUT2D eigenvalue weighted by molar-refractivity contribution is -0.136. The summed E-state index contributed by atoms with van der Waals surface area (Å²) in [6.07, 6.45) is 3.49. The number of hydrogen-bond acceptors (Lipinski definition) is 4. The molecule has 0 fully saturated rings. The Bertz CT molecular complexity index is 955. The van der Waals surface area contributed by atoms with Crippen LogP contribution in [0.3, 0.4) is 0 Å². The van der Waals surface area contributed by atoms with Crippen molar-refractivity contribution < 1.29 is 23.5 Å². The van der Waals surface area contributed by atoms with E-state index in [2.05, 4.69) is 5.32 Å². The second-order valence-electron chi connectivity index (χ2n) is 5.96. The van der Waals surface area contributed by atoms with Crippen LogP contribution in [-0.4, -0.2) is 24.3 Å².